The van der Waals surface area contributed by atoms with Crippen molar-refractivity contribution >= 4 is 29.5 Å². The zero-order valence-corrected chi connectivity index (χ0v) is 51.5. The van der Waals surface area contributed by atoms with E-state index in [1.807, 2.05) is 58.5 Å². The van der Waals surface area contributed by atoms with Gasteiger partial charge in [-0.15, -0.1) is 0 Å². The number of hydrogen-bond donors (Lipinski definition) is 3. The van der Waals surface area contributed by atoms with E-state index in [0.717, 1.165) is 69.8 Å². The molecule has 3 N–H and O–H groups in total. The smallest absolute Gasteiger partial charge is 0.302 e. The summed E-state index contributed by atoms with van der Waals surface area (Å²) in [5.74, 6) is 0.184. The number of fused-ring (bicyclic) bond motifs is 7. The van der Waals surface area contributed by atoms with Gasteiger partial charge in [0.15, 0.2) is 0 Å². The average Bonchev–Trinajstić information content (AvgIpc) is 4.10. The minimum absolute atomic E-state index is 0.0260. The number of hydrogen-bond acceptors (Lipinski definition) is 10. The highest BCUT2D eigenvalue weighted by atomic mass is 16.5. The maximum absolute atomic E-state index is 14.6. The normalized spacial score (nSPS) is 35.4. The molecule has 6 aliphatic rings. The molecule has 18 atom stereocenters. The van der Waals surface area contributed by atoms with E-state index in [1.165, 1.54) is 19.8 Å². The fraction of sp³-hybridized carbons (Fsp3) is 0.891. The lowest BCUT2D eigenvalue weighted by molar-refractivity contribution is -0.250. The molecule has 5 aliphatic carbocycles. The summed E-state index contributed by atoms with van der Waals surface area (Å²) in [4.78, 5) is 75.2. The van der Waals surface area contributed by atoms with Gasteiger partial charge in [-0.05, 0) is 167 Å². The molecule has 6 rings (SSSR count). The summed E-state index contributed by atoms with van der Waals surface area (Å²) in [6, 6.07) is -1.97. The Morgan fingerprint density at radius 2 is 1.49 bits per heavy atom. The third-order valence-electron chi connectivity index (χ3n) is 23.6. The topological polar surface area (TPSA) is 166 Å². The van der Waals surface area contributed by atoms with E-state index >= 15 is 0 Å². The number of ether oxygens (including phenoxy) is 2. The Hall–Kier alpha value is -2.87. The number of rotatable bonds is 23. The van der Waals surface area contributed by atoms with Crippen molar-refractivity contribution in [1.29, 1.82) is 0 Å². The monoisotopic (exact) mass is 1080 g/mol. The molecule has 0 spiro atoms. The molecule has 0 radical (unpaired) electrons. The predicted molar refractivity (Wildman–Crippen MR) is 305 cm³/mol. The van der Waals surface area contributed by atoms with Crippen LogP contribution in [0.25, 0.3) is 0 Å². The van der Waals surface area contributed by atoms with Gasteiger partial charge in [-0.3, -0.25) is 28.9 Å². The summed E-state index contributed by atoms with van der Waals surface area (Å²) in [5, 5.41) is 25.5. The fourth-order valence-corrected chi connectivity index (χ4v) is 18.9. The molecule has 1 heterocycles. The molecule has 1 saturated heterocycles. The highest BCUT2D eigenvalue weighted by Crippen LogP contribution is 2.77. The molecule has 13 nitrogen and oxygen atoms in total. The second-order valence-corrected chi connectivity index (χ2v) is 28.6. The Morgan fingerprint density at radius 1 is 0.818 bits per heavy atom. The van der Waals surface area contributed by atoms with E-state index in [0.29, 0.717) is 56.1 Å². The second kappa shape index (κ2) is 24.7. The molecule has 0 aromatic heterocycles. The lowest BCUT2D eigenvalue weighted by atomic mass is 9.32. The Kier molecular flexibility index (Phi) is 20.3. The van der Waals surface area contributed by atoms with Gasteiger partial charge >= 0.3 is 5.97 Å². The number of ketones is 1. The molecule has 77 heavy (non-hydrogen) atoms. The Balaban J connectivity index is 1.15. The zero-order valence-electron chi connectivity index (χ0n) is 51.5. The molecule has 3 amide bonds. The Labute approximate surface area is 466 Å². The van der Waals surface area contributed by atoms with Crippen molar-refractivity contribution in [2.75, 3.05) is 48.0 Å². The minimum atomic E-state index is -0.774. The van der Waals surface area contributed by atoms with Gasteiger partial charge in [-0.2, -0.15) is 0 Å². The molecule has 0 bridgehead atoms. The van der Waals surface area contributed by atoms with Crippen molar-refractivity contribution in [1.82, 2.24) is 20.0 Å². The summed E-state index contributed by atoms with van der Waals surface area (Å²) < 4.78 is 12.2. The molecule has 0 aromatic rings. The zero-order chi connectivity index (χ0) is 57.5. The van der Waals surface area contributed by atoms with Crippen molar-refractivity contribution in [3.63, 3.8) is 0 Å². The van der Waals surface area contributed by atoms with Crippen LogP contribution in [0.15, 0.2) is 12.2 Å². The average molecular weight is 1080 g/mol. The number of nitrogens with one attached hydrogen (secondary N) is 1. The number of carbonyl (C=O) groups is 5. The van der Waals surface area contributed by atoms with Gasteiger partial charge in [0.25, 0.3) is 0 Å². The van der Waals surface area contributed by atoms with Crippen LogP contribution >= 0.6 is 0 Å². The summed E-state index contributed by atoms with van der Waals surface area (Å²) in [7, 11) is 7.08. The van der Waals surface area contributed by atoms with Crippen LogP contribution in [0.4, 0.5) is 0 Å². The Morgan fingerprint density at radius 3 is 2.08 bits per heavy atom. The van der Waals surface area contributed by atoms with Crippen molar-refractivity contribution in [3.05, 3.63) is 12.2 Å². The second-order valence-electron chi connectivity index (χ2n) is 28.6. The third kappa shape index (κ3) is 11.8. The van der Waals surface area contributed by atoms with E-state index in [4.69, 9.17) is 16.1 Å². The summed E-state index contributed by atoms with van der Waals surface area (Å²) >= 11 is 0. The van der Waals surface area contributed by atoms with Crippen LogP contribution in [0.1, 0.15) is 193 Å². The van der Waals surface area contributed by atoms with E-state index in [-0.39, 0.29) is 105 Å². The third-order valence-corrected chi connectivity index (χ3v) is 23.6. The summed E-state index contributed by atoms with van der Waals surface area (Å²) in [6.45, 7) is 33.4. The highest BCUT2D eigenvalue weighted by molar-refractivity contribution is 5.90. The van der Waals surface area contributed by atoms with Crippen molar-refractivity contribution in [2.24, 2.45) is 86.3 Å². The fourth-order valence-electron chi connectivity index (χ4n) is 18.9. The number of amides is 3. The van der Waals surface area contributed by atoms with Crippen LogP contribution < -0.4 is 5.32 Å². The van der Waals surface area contributed by atoms with E-state index in [2.05, 4.69) is 53.8 Å². The number of carbonyl (C=O) groups excluding carboxylic acids is 5. The molecule has 13 heteroatoms. The summed E-state index contributed by atoms with van der Waals surface area (Å²) in [6.07, 6.45) is 12.8. The lowest BCUT2D eigenvalue weighted by Crippen LogP contribution is -2.66. The van der Waals surface area contributed by atoms with Gasteiger partial charge in [-0.1, -0.05) is 102 Å². The first kappa shape index (κ1) is 63.3. The van der Waals surface area contributed by atoms with E-state index in [1.54, 1.807) is 19.1 Å². The summed E-state index contributed by atoms with van der Waals surface area (Å²) in [5.41, 5.74) is 1.29. The van der Waals surface area contributed by atoms with Crippen molar-refractivity contribution in [3.8, 4) is 0 Å². The van der Waals surface area contributed by atoms with Gasteiger partial charge in [0.2, 0.25) is 17.7 Å². The number of methoxy groups -OCH3 is 1. The van der Waals surface area contributed by atoms with Crippen LogP contribution in [0.3, 0.4) is 0 Å². The van der Waals surface area contributed by atoms with Gasteiger partial charge in [0, 0.05) is 63.9 Å². The van der Waals surface area contributed by atoms with Crippen molar-refractivity contribution in [2.45, 2.75) is 229 Å². The largest absolute Gasteiger partial charge is 0.465 e. The lowest BCUT2D eigenvalue weighted by Gasteiger charge is -2.73. The number of aliphatic hydroxyl groups excluding tert-OH is 2. The number of allylic oxidation sites excluding steroid dienone is 1. The minimum Gasteiger partial charge on any atom is -0.465 e. The number of esters is 1. The standard InChI is InChI=1S/C64H110N4O9/c1-19-40(6)57(67(17)59(75)55(38(2)3)65-58(74)56(39(4)5)66(15)16)49(76-18)35-53(73)68-34-20-21-47(68)45(36-69)42(8)48(71)24-22-41(7)44-26-31-64(37-77-43(9)70)33-32-62(13)46(54(44)64)23-25-51-61(12)29-28-52(72)60(10,11)50(61)27-30-63(51,62)14/h38-40,42,44-47,49-52,54-57,69,72H,7,19-37H2,1-6,8-18H3,(H,65,74)/t40-,42+,44-,45+,46?,47?,49+,50-,51?,52-,54+,55-,56-,57-,61-,62+,63+,64+/m0/s1. The van der Waals surface area contributed by atoms with Crippen molar-refractivity contribution < 1.29 is 43.7 Å². The maximum atomic E-state index is 14.6. The van der Waals surface area contributed by atoms with Crippen LogP contribution in [0, 0.1) is 86.3 Å². The van der Waals surface area contributed by atoms with Gasteiger partial charge in [0.05, 0.1) is 37.3 Å². The number of nitrogens with zero attached hydrogens (tertiary/aromatic N) is 3. The van der Waals surface area contributed by atoms with Gasteiger partial charge in [-0.25, -0.2) is 0 Å². The van der Waals surface area contributed by atoms with Gasteiger partial charge < -0.3 is 34.8 Å². The van der Waals surface area contributed by atoms with Crippen LogP contribution in [-0.2, 0) is 33.4 Å². The number of likely N-dealkylation sites (N-methyl/N-ethyl adjacent to an activating group) is 2. The molecule has 1 aliphatic heterocycles. The Bertz CT molecular complexity index is 2100. The predicted octanol–water partition coefficient (Wildman–Crippen LogP) is 10.1. The molecule has 5 saturated carbocycles. The molecule has 440 valence electrons. The van der Waals surface area contributed by atoms with Crippen LogP contribution in [0.2, 0.25) is 0 Å². The van der Waals surface area contributed by atoms with E-state index < -0.39 is 36.1 Å². The molecule has 3 unspecified atom stereocenters. The molecular formula is C64H110N4O9. The SMILES string of the molecule is C=C(CCC(=O)[C@H](C)[C@@H](CO)C1CCCN1C(=O)C[C@@H](OC)[C@H]([C@@H](C)CC)N(C)C(=O)[C@@H](NC(=O)[C@H](C(C)C)N(C)C)C(C)C)[C@@H]1CC[C@]2(COC(C)=O)CC[C@]3(C)C(CCC4[C@@]5(C)CC[C@H](O)C(C)(C)[C@@H]5CC[C@]43C)[C@@H]12. The quantitative estimate of drug-likeness (QED) is 0.0662. The molecule has 6 fully saturated rings. The van der Waals surface area contributed by atoms with Crippen LogP contribution in [0.5, 0.6) is 0 Å². The number of Topliss-reactive ketones (excluding diaryl/α,β-unsaturated/α-hetero) is 1. The highest BCUT2D eigenvalue weighted by Gasteiger charge is 2.71. The number of likely N-dealkylation sites (tertiary alicyclic amines) is 1. The maximum Gasteiger partial charge on any atom is 0.302 e. The molecule has 0 aromatic carbocycles. The first-order chi connectivity index (χ1) is 35.9. The first-order valence-electron chi connectivity index (χ1n) is 30.6. The number of aliphatic hydroxyl groups is 2. The van der Waals surface area contributed by atoms with E-state index in [9.17, 15) is 34.2 Å². The first-order valence-corrected chi connectivity index (χ1v) is 30.6. The van der Waals surface area contributed by atoms with Crippen LogP contribution in [-0.4, -0.2) is 139 Å². The molecular weight excluding hydrogens is 969 g/mol. The van der Waals surface area contributed by atoms with Gasteiger partial charge in [0.1, 0.15) is 11.8 Å².